The number of nitrogens with zero attached hydrogens (tertiary/aromatic N) is 4. The highest BCUT2D eigenvalue weighted by Crippen LogP contribution is 2.26. The number of hydrogen-bond acceptors (Lipinski definition) is 6. The van der Waals surface area contributed by atoms with Gasteiger partial charge in [-0.15, -0.1) is 0 Å². The van der Waals surface area contributed by atoms with Gasteiger partial charge < -0.3 is 10.6 Å². The van der Waals surface area contributed by atoms with Crippen molar-refractivity contribution in [2.24, 2.45) is 11.7 Å². The molecule has 1 atom stereocenters. The molecule has 1 aliphatic rings. The Morgan fingerprint density at radius 3 is 2.62 bits per heavy atom. The Kier molecular flexibility index (Phi) is 6.55. The third kappa shape index (κ3) is 4.67. The summed E-state index contributed by atoms with van der Waals surface area (Å²) in [6, 6.07) is 10.9. The molecule has 2 amide bonds. The van der Waals surface area contributed by atoms with Crippen molar-refractivity contribution in [3.05, 3.63) is 64.7 Å². The summed E-state index contributed by atoms with van der Waals surface area (Å²) in [5, 5.41) is 0.590. The lowest BCUT2D eigenvalue weighted by molar-refractivity contribution is -0.134. The van der Waals surface area contributed by atoms with Crippen LogP contribution in [0.1, 0.15) is 25.3 Å². The van der Waals surface area contributed by atoms with E-state index in [1.54, 1.807) is 34.0 Å². The summed E-state index contributed by atoms with van der Waals surface area (Å²) in [4.78, 5) is 48.3. The summed E-state index contributed by atoms with van der Waals surface area (Å²) >= 11 is 1.28. The molecule has 0 bridgehead atoms. The molecular formula is C23H25N5O3S. The summed E-state index contributed by atoms with van der Waals surface area (Å²) in [6.45, 7) is 3.15. The topological polar surface area (TPSA) is 111 Å². The average Bonchev–Trinajstić information content (AvgIpc) is 2.81. The normalized spacial score (nSPS) is 15.6. The molecule has 166 valence electrons. The predicted molar refractivity (Wildman–Crippen MR) is 123 cm³/mol. The standard InChI is InChI=1S/C23H25N5O3S/c1-15(21(30)27-11-8-17(9-12-27)20(24)29)32-23-26-19-7-3-2-6-18(19)22(31)28(23)14-16-5-4-10-25-13-16/h2-7,10,13,15,17H,8-9,11-12,14H2,1H3,(H2,24,29). The Balaban J connectivity index is 1.60. The van der Waals surface area contributed by atoms with Crippen molar-refractivity contribution in [1.82, 2.24) is 19.4 Å². The number of pyridine rings is 1. The number of piperidine rings is 1. The number of amides is 2. The van der Waals surface area contributed by atoms with Gasteiger partial charge in [-0.25, -0.2) is 4.98 Å². The molecule has 9 heteroatoms. The van der Waals surface area contributed by atoms with E-state index in [0.29, 0.717) is 48.5 Å². The molecule has 8 nitrogen and oxygen atoms in total. The minimum absolute atomic E-state index is 0.0340. The molecule has 0 aliphatic carbocycles. The first-order valence-corrected chi connectivity index (χ1v) is 11.4. The van der Waals surface area contributed by atoms with E-state index in [4.69, 9.17) is 10.7 Å². The largest absolute Gasteiger partial charge is 0.369 e. The molecule has 2 N–H and O–H groups in total. The number of carbonyl (C=O) groups is 2. The highest BCUT2D eigenvalue weighted by Gasteiger charge is 2.29. The third-order valence-corrected chi connectivity index (χ3v) is 6.81. The first-order valence-electron chi connectivity index (χ1n) is 10.6. The molecule has 0 saturated carbocycles. The summed E-state index contributed by atoms with van der Waals surface area (Å²) in [5.74, 6) is -0.513. The lowest BCUT2D eigenvalue weighted by atomic mass is 9.96. The van der Waals surface area contributed by atoms with Gasteiger partial charge in [-0.2, -0.15) is 0 Å². The number of likely N-dealkylation sites (tertiary alicyclic amines) is 1. The van der Waals surface area contributed by atoms with Crippen molar-refractivity contribution >= 4 is 34.5 Å². The van der Waals surface area contributed by atoms with Crippen LogP contribution in [-0.4, -0.2) is 49.6 Å². The smallest absolute Gasteiger partial charge is 0.262 e. The molecule has 1 aliphatic heterocycles. The van der Waals surface area contributed by atoms with Crippen LogP contribution in [0.3, 0.4) is 0 Å². The Morgan fingerprint density at radius 1 is 1.19 bits per heavy atom. The summed E-state index contributed by atoms with van der Waals surface area (Å²) in [7, 11) is 0. The number of carbonyl (C=O) groups excluding carboxylic acids is 2. The van der Waals surface area contributed by atoms with Crippen molar-refractivity contribution < 1.29 is 9.59 Å². The van der Waals surface area contributed by atoms with Gasteiger partial charge in [0.25, 0.3) is 5.56 Å². The van der Waals surface area contributed by atoms with E-state index in [1.165, 1.54) is 11.8 Å². The number of thioether (sulfide) groups is 1. The van der Waals surface area contributed by atoms with Crippen LogP contribution in [0.5, 0.6) is 0 Å². The zero-order valence-electron chi connectivity index (χ0n) is 17.8. The van der Waals surface area contributed by atoms with Gasteiger partial charge in [-0.1, -0.05) is 30.0 Å². The third-order valence-electron chi connectivity index (χ3n) is 5.73. The number of primary amides is 1. The molecule has 0 radical (unpaired) electrons. The van der Waals surface area contributed by atoms with Gasteiger partial charge in [-0.05, 0) is 43.5 Å². The SMILES string of the molecule is CC(Sc1nc2ccccc2c(=O)n1Cc1cccnc1)C(=O)N1CCC(C(N)=O)CC1. The van der Waals surface area contributed by atoms with Gasteiger partial charge in [0.1, 0.15) is 0 Å². The summed E-state index contributed by atoms with van der Waals surface area (Å²) in [5.41, 5.74) is 6.73. The maximum absolute atomic E-state index is 13.3. The maximum atomic E-state index is 13.3. The predicted octanol–water partition coefficient (Wildman–Crippen LogP) is 2.04. The first-order chi connectivity index (χ1) is 15.4. The van der Waals surface area contributed by atoms with Crippen LogP contribution in [0.25, 0.3) is 10.9 Å². The fourth-order valence-electron chi connectivity index (χ4n) is 3.90. The van der Waals surface area contributed by atoms with Gasteiger partial charge in [0, 0.05) is 31.4 Å². The molecule has 32 heavy (non-hydrogen) atoms. The molecule has 4 rings (SSSR count). The van der Waals surface area contributed by atoms with Gasteiger partial charge in [0.2, 0.25) is 11.8 Å². The molecule has 1 fully saturated rings. The van der Waals surface area contributed by atoms with Crippen LogP contribution in [-0.2, 0) is 16.1 Å². The molecule has 1 unspecified atom stereocenters. The second-order valence-electron chi connectivity index (χ2n) is 7.93. The molecule has 3 heterocycles. The van der Waals surface area contributed by atoms with Gasteiger partial charge in [-0.3, -0.25) is 23.9 Å². The van der Waals surface area contributed by atoms with E-state index in [1.807, 2.05) is 31.2 Å². The van der Waals surface area contributed by atoms with Crippen LogP contribution in [0.15, 0.2) is 58.7 Å². The minimum Gasteiger partial charge on any atom is -0.369 e. The number of benzene rings is 1. The Hall–Kier alpha value is -3.20. The van der Waals surface area contributed by atoms with Gasteiger partial charge >= 0.3 is 0 Å². The van der Waals surface area contributed by atoms with E-state index >= 15 is 0 Å². The number of rotatable bonds is 6. The number of fused-ring (bicyclic) bond motifs is 1. The highest BCUT2D eigenvalue weighted by atomic mass is 32.2. The molecule has 3 aromatic rings. The molecule has 1 saturated heterocycles. The van der Waals surface area contributed by atoms with E-state index < -0.39 is 5.25 Å². The lowest BCUT2D eigenvalue weighted by Gasteiger charge is -2.32. The lowest BCUT2D eigenvalue weighted by Crippen LogP contribution is -2.44. The van der Waals surface area contributed by atoms with Crippen molar-refractivity contribution in [1.29, 1.82) is 0 Å². The van der Waals surface area contributed by atoms with E-state index in [2.05, 4.69) is 4.98 Å². The minimum atomic E-state index is -0.437. The first kappa shape index (κ1) is 22.0. The van der Waals surface area contributed by atoms with Gasteiger partial charge in [0.15, 0.2) is 5.16 Å². The van der Waals surface area contributed by atoms with Crippen LogP contribution < -0.4 is 11.3 Å². The summed E-state index contributed by atoms with van der Waals surface area (Å²) < 4.78 is 1.60. The second kappa shape index (κ2) is 9.52. The van der Waals surface area contributed by atoms with Crippen molar-refractivity contribution in [3.63, 3.8) is 0 Å². The number of para-hydroxylation sites is 1. The van der Waals surface area contributed by atoms with Crippen LogP contribution in [0.2, 0.25) is 0 Å². The Morgan fingerprint density at radius 2 is 1.94 bits per heavy atom. The van der Waals surface area contributed by atoms with E-state index in [9.17, 15) is 14.4 Å². The van der Waals surface area contributed by atoms with E-state index in [0.717, 1.165) is 5.56 Å². The van der Waals surface area contributed by atoms with Crippen LogP contribution >= 0.6 is 11.8 Å². The average molecular weight is 452 g/mol. The van der Waals surface area contributed by atoms with Crippen molar-refractivity contribution in [3.8, 4) is 0 Å². The summed E-state index contributed by atoms with van der Waals surface area (Å²) in [6.07, 6.45) is 4.56. The fraction of sp³-hybridized carbons (Fsp3) is 0.348. The fourth-order valence-corrected chi connectivity index (χ4v) is 4.89. The van der Waals surface area contributed by atoms with Crippen LogP contribution in [0.4, 0.5) is 0 Å². The van der Waals surface area contributed by atoms with Crippen molar-refractivity contribution in [2.75, 3.05) is 13.1 Å². The highest BCUT2D eigenvalue weighted by molar-refractivity contribution is 8.00. The number of nitrogens with two attached hydrogens (primary N) is 1. The maximum Gasteiger partial charge on any atom is 0.262 e. The Bertz CT molecular complexity index is 1190. The molecular weight excluding hydrogens is 426 g/mol. The molecule has 2 aromatic heterocycles. The van der Waals surface area contributed by atoms with Crippen LogP contribution in [0, 0.1) is 5.92 Å². The van der Waals surface area contributed by atoms with E-state index in [-0.39, 0.29) is 23.3 Å². The Labute approximate surface area is 189 Å². The zero-order valence-corrected chi connectivity index (χ0v) is 18.6. The zero-order chi connectivity index (χ0) is 22.7. The number of hydrogen-bond donors (Lipinski definition) is 1. The number of aromatic nitrogens is 3. The molecule has 0 spiro atoms. The van der Waals surface area contributed by atoms with Gasteiger partial charge in [0.05, 0.1) is 22.7 Å². The monoisotopic (exact) mass is 451 g/mol. The molecule has 1 aromatic carbocycles. The second-order valence-corrected chi connectivity index (χ2v) is 9.23. The van der Waals surface area contributed by atoms with Crippen molar-refractivity contribution in [2.45, 2.75) is 36.7 Å². The quantitative estimate of drug-likeness (QED) is 0.454.